The van der Waals surface area contributed by atoms with Crippen molar-refractivity contribution in [2.24, 2.45) is 0 Å². The lowest BCUT2D eigenvalue weighted by Crippen LogP contribution is -2.38. The molecule has 0 aromatic carbocycles. The molecule has 1 atom stereocenters. The number of anilines is 1. The Balaban J connectivity index is 2.11. The van der Waals surface area contributed by atoms with Gasteiger partial charge in [-0.05, 0) is 38.8 Å². The van der Waals surface area contributed by atoms with Crippen LogP contribution in [-0.2, 0) is 4.74 Å². The topological polar surface area (TPSA) is 80.2 Å². The van der Waals surface area contributed by atoms with Gasteiger partial charge in [-0.15, -0.1) is 0 Å². The van der Waals surface area contributed by atoms with Crippen LogP contribution >= 0.6 is 0 Å². The highest BCUT2D eigenvalue weighted by Crippen LogP contribution is 2.27. The normalized spacial score (nSPS) is 16.1. The number of rotatable bonds is 4. The monoisotopic (exact) mass is 343 g/mol. The molecule has 1 amide bonds. The molecule has 3 rings (SSSR count). The molecule has 2 aromatic rings. The Hall–Kier alpha value is -2.28. The summed E-state index contributed by atoms with van der Waals surface area (Å²) in [5.74, 6) is 0.686. The number of hydrogen-bond acceptors (Lipinski definition) is 6. The zero-order valence-electron chi connectivity index (χ0n) is 15.3. The van der Waals surface area contributed by atoms with Crippen LogP contribution in [0.2, 0.25) is 0 Å². The van der Waals surface area contributed by atoms with Crippen LogP contribution in [0.5, 0.6) is 0 Å². The van der Waals surface area contributed by atoms with E-state index in [1.165, 1.54) is 0 Å². The number of hydrogen-bond donors (Lipinski definition) is 1. The molecule has 1 aliphatic rings. The third-order valence-corrected chi connectivity index (χ3v) is 4.48. The molecule has 3 heterocycles. The third kappa shape index (κ3) is 3.71. The summed E-state index contributed by atoms with van der Waals surface area (Å²) in [5.41, 5.74) is 2.52. The summed E-state index contributed by atoms with van der Waals surface area (Å²) in [6.45, 7) is 10.7. The van der Waals surface area contributed by atoms with E-state index in [4.69, 9.17) is 4.74 Å². The smallest absolute Gasteiger partial charge is 0.289 e. The first-order valence-electron chi connectivity index (χ1n) is 8.79. The van der Waals surface area contributed by atoms with Crippen molar-refractivity contribution >= 4 is 22.8 Å². The van der Waals surface area contributed by atoms with Gasteiger partial charge in [0.25, 0.3) is 5.91 Å². The molecule has 7 nitrogen and oxygen atoms in total. The molecule has 1 N–H and O–H groups in total. The zero-order chi connectivity index (χ0) is 18.0. The van der Waals surface area contributed by atoms with Gasteiger partial charge in [-0.25, -0.2) is 15.0 Å². The van der Waals surface area contributed by atoms with Crippen LogP contribution in [0.15, 0.2) is 6.07 Å². The van der Waals surface area contributed by atoms with E-state index < -0.39 is 0 Å². The number of ether oxygens (including phenoxy) is 1. The van der Waals surface area contributed by atoms with Crippen molar-refractivity contribution in [1.82, 2.24) is 20.3 Å². The Bertz CT molecular complexity index is 787. The highest BCUT2D eigenvalue weighted by Gasteiger charge is 2.22. The van der Waals surface area contributed by atoms with Crippen LogP contribution in [0, 0.1) is 13.8 Å². The largest absolute Gasteiger partial charge is 0.378 e. The van der Waals surface area contributed by atoms with Crippen LogP contribution in [0.25, 0.3) is 11.0 Å². The lowest BCUT2D eigenvalue weighted by Gasteiger charge is -2.29. The SMILES string of the molecule is CC[C@H](C)NC(=O)c1nc(N2CCOCC2)c2c(C)cc(C)nc2n1. The van der Waals surface area contributed by atoms with Crippen molar-refractivity contribution in [2.45, 2.75) is 40.2 Å². The first-order chi connectivity index (χ1) is 12.0. The van der Waals surface area contributed by atoms with Gasteiger partial charge < -0.3 is 15.0 Å². The maximum absolute atomic E-state index is 12.6. The van der Waals surface area contributed by atoms with Crippen LogP contribution in [0.1, 0.15) is 42.1 Å². The van der Waals surface area contributed by atoms with Gasteiger partial charge in [0, 0.05) is 24.8 Å². The molecular formula is C18H25N5O2. The van der Waals surface area contributed by atoms with E-state index in [-0.39, 0.29) is 17.8 Å². The summed E-state index contributed by atoms with van der Waals surface area (Å²) in [6, 6.07) is 2.10. The first kappa shape index (κ1) is 17.5. The number of morpholine rings is 1. The molecular weight excluding hydrogens is 318 g/mol. The summed E-state index contributed by atoms with van der Waals surface area (Å²) < 4.78 is 5.45. The van der Waals surface area contributed by atoms with Gasteiger partial charge in [0.15, 0.2) is 5.65 Å². The van der Waals surface area contributed by atoms with Crippen molar-refractivity contribution in [3.05, 3.63) is 23.1 Å². The van der Waals surface area contributed by atoms with Crippen LogP contribution in [0.3, 0.4) is 0 Å². The highest BCUT2D eigenvalue weighted by atomic mass is 16.5. The number of carbonyl (C=O) groups excluding carboxylic acids is 1. The van der Waals surface area contributed by atoms with E-state index in [1.807, 2.05) is 33.8 Å². The fourth-order valence-corrected chi connectivity index (χ4v) is 2.95. The van der Waals surface area contributed by atoms with E-state index in [2.05, 4.69) is 25.2 Å². The number of nitrogens with one attached hydrogen (secondary N) is 1. The van der Waals surface area contributed by atoms with E-state index in [1.54, 1.807) is 0 Å². The van der Waals surface area contributed by atoms with E-state index >= 15 is 0 Å². The van der Waals surface area contributed by atoms with Gasteiger partial charge in [0.1, 0.15) is 5.82 Å². The Kier molecular flexibility index (Phi) is 5.13. The van der Waals surface area contributed by atoms with Gasteiger partial charge in [-0.2, -0.15) is 0 Å². The maximum Gasteiger partial charge on any atom is 0.289 e. The second-order valence-corrected chi connectivity index (χ2v) is 6.53. The lowest BCUT2D eigenvalue weighted by molar-refractivity contribution is 0.0929. The summed E-state index contributed by atoms with van der Waals surface area (Å²) in [4.78, 5) is 28.3. The number of carbonyl (C=O) groups is 1. The number of pyridine rings is 1. The summed E-state index contributed by atoms with van der Waals surface area (Å²) in [7, 11) is 0. The number of nitrogens with zero attached hydrogens (tertiary/aromatic N) is 4. The molecule has 1 saturated heterocycles. The average Bonchev–Trinajstić information content (AvgIpc) is 2.60. The molecule has 0 bridgehead atoms. The summed E-state index contributed by atoms with van der Waals surface area (Å²) in [6.07, 6.45) is 0.853. The quantitative estimate of drug-likeness (QED) is 0.915. The molecule has 134 valence electrons. The minimum Gasteiger partial charge on any atom is -0.378 e. The minimum absolute atomic E-state index is 0.0749. The Morgan fingerprint density at radius 3 is 2.68 bits per heavy atom. The first-order valence-corrected chi connectivity index (χ1v) is 8.79. The van der Waals surface area contributed by atoms with Gasteiger partial charge in [-0.3, -0.25) is 4.79 Å². The third-order valence-electron chi connectivity index (χ3n) is 4.48. The zero-order valence-corrected chi connectivity index (χ0v) is 15.3. The highest BCUT2D eigenvalue weighted by molar-refractivity contribution is 5.96. The second kappa shape index (κ2) is 7.31. The van der Waals surface area contributed by atoms with Gasteiger partial charge in [0.2, 0.25) is 5.82 Å². The van der Waals surface area contributed by atoms with Gasteiger partial charge in [0.05, 0.1) is 18.6 Å². The standard InChI is InChI=1S/C18H25N5O2/c1-5-12(3)20-18(24)16-21-15-14(11(2)10-13(4)19-15)17(22-16)23-6-8-25-9-7-23/h10,12H,5-9H2,1-4H3,(H,20,24)/t12-/m0/s1. The molecule has 2 aromatic heterocycles. The van der Waals surface area contributed by atoms with Crippen molar-refractivity contribution in [3.63, 3.8) is 0 Å². The lowest BCUT2D eigenvalue weighted by atomic mass is 10.1. The van der Waals surface area contributed by atoms with Crippen LogP contribution in [0.4, 0.5) is 5.82 Å². The molecule has 0 spiro atoms. The molecule has 1 fully saturated rings. The van der Waals surface area contributed by atoms with Crippen molar-refractivity contribution in [2.75, 3.05) is 31.2 Å². The summed E-state index contributed by atoms with van der Waals surface area (Å²) >= 11 is 0. The molecule has 1 aliphatic heterocycles. The number of amides is 1. The number of aryl methyl sites for hydroxylation is 2. The van der Waals surface area contributed by atoms with E-state index in [9.17, 15) is 4.79 Å². The van der Waals surface area contributed by atoms with Crippen LogP contribution < -0.4 is 10.2 Å². The average molecular weight is 343 g/mol. The van der Waals surface area contributed by atoms with Crippen molar-refractivity contribution < 1.29 is 9.53 Å². The van der Waals surface area contributed by atoms with Crippen LogP contribution in [-0.4, -0.2) is 53.2 Å². The molecule has 25 heavy (non-hydrogen) atoms. The molecule has 0 aliphatic carbocycles. The second-order valence-electron chi connectivity index (χ2n) is 6.53. The minimum atomic E-state index is -0.258. The van der Waals surface area contributed by atoms with Crippen molar-refractivity contribution in [1.29, 1.82) is 0 Å². The van der Waals surface area contributed by atoms with Crippen molar-refractivity contribution in [3.8, 4) is 0 Å². The summed E-state index contributed by atoms with van der Waals surface area (Å²) in [5, 5.41) is 3.84. The molecule has 0 saturated carbocycles. The molecule has 0 unspecified atom stereocenters. The molecule has 0 radical (unpaired) electrons. The maximum atomic E-state index is 12.6. The molecule has 7 heteroatoms. The predicted molar refractivity (Wildman–Crippen MR) is 97.1 cm³/mol. The fraction of sp³-hybridized carbons (Fsp3) is 0.556. The Morgan fingerprint density at radius 1 is 1.28 bits per heavy atom. The van der Waals surface area contributed by atoms with Gasteiger partial charge in [-0.1, -0.05) is 6.92 Å². The van der Waals surface area contributed by atoms with E-state index in [0.29, 0.717) is 18.9 Å². The Morgan fingerprint density at radius 2 is 2.00 bits per heavy atom. The van der Waals surface area contributed by atoms with Gasteiger partial charge >= 0.3 is 0 Å². The number of fused-ring (bicyclic) bond motifs is 1. The fourth-order valence-electron chi connectivity index (χ4n) is 2.95. The number of aromatic nitrogens is 3. The Labute approximate surface area is 147 Å². The predicted octanol–water partition coefficient (Wildman–Crippen LogP) is 2.01. The van der Waals surface area contributed by atoms with E-state index in [0.717, 1.165) is 42.0 Å².